The van der Waals surface area contributed by atoms with E-state index in [9.17, 15) is 28.0 Å². The predicted octanol–water partition coefficient (Wildman–Crippen LogP) is 1.52. The molecule has 2 aromatic rings. The number of hydrogen-bond donors (Lipinski definition) is 2. The maximum Gasteiger partial charge on any atom is 0.273 e. The third kappa shape index (κ3) is 4.45. The van der Waals surface area contributed by atoms with Gasteiger partial charge in [-0.15, -0.1) is 0 Å². The number of nitrogens with zero attached hydrogens (tertiary/aromatic N) is 3. The summed E-state index contributed by atoms with van der Waals surface area (Å²) in [5.74, 6) is -2.75. The second-order valence-electron chi connectivity index (χ2n) is 8.94. The molecular weight excluding hydrogens is 460 g/mol. The molecule has 3 aliphatic rings. The Bertz CT molecular complexity index is 1230. The molecule has 9 nitrogen and oxygen atoms in total. The number of carbonyl (C=O) groups is 4. The van der Waals surface area contributed by atoms with Crippen LogP contribution < -0.4 is 15.5 Å². The maximum atomic E-state index is 13.9. The van der Waals surface area contributed by atoms with Gasteiger partial charge in [-0.05, 0) is 37.5 Å². The van der Waals surface area contributed by atoms with Crippen LogP contribution in [0, 0.1) is 11.6 Å². The molecule has 4 amide bonds. The van der Waals surface area contributed by atoms with Crippen LogP contribution in [0.5, 0.6) is 0 Å². The quantitative estimate of drug-likeness (QED) is 0.638. The van der Waals surface area contributed by atoms with Crippen LogP contribution in [-0.4, -0.2) is 58.7 Å². The Morgan fingerprint density at radius 2 is 1.83 bits per heavy atom. The van der Waals surface area contributed by atoms with Gasteiger partial charge in [0.2, 0.25) is 11.8 Å². The number of carbonyl (C=O) groups excluding carboxylic acids is 4. The second kappa shape index (κ2) is 9.05. The van der Waals surface area contributed by atoms with Gasteiger partial charge in [-0.2, -0.15) is 0 Å². The minimum Gasteiger partial charge on any atom is -0.356 e. The highest BCUT2D eigenvalue weighted by Gasteiger charge is 2.40. The predicted molar refractivity (Wildman–Crippen MR) is 119 cm³/mol. The first-order valence-electron chi connectivity index (χ1n) is 11.5. The Balaban J connectivity index is 1.21. The van der Waals surface area contributed by atoms with E-state index in [1.54, 1.807) is 0 Å². The van der Waals surface area contributed by atoms with Crippen molar-refractivity contribution in [2.75, 3.05) is 18.0 Å². The zero-order chi connectivity index (χ0) is 24.7. The van der Waals surface area contributed by atoms with Crippen molar-refractivity contribution in [1.82, 2.24) is 20.5 Å². The monoisotopic (exact) mass is 483 g/mol. The van der Waals surface area contributed by atoms with Gasteiger partial charge in [0.15, 0.2) is 0 Å². The van der Waals surface area contributed by atoms with Crippen molar-refractivity contribution in [3.05, 3.63) is 58.8 Å². The average Bonchev–Trinajstić information content (AvgIpc) is 3.15. The lowest BCUT2D eigenvalue weighted by molar-refractivity contribution is -0.136. The molecule has 0 saturated carbocycles. The van der Waals surface area contributed by atoms with Crippen LogP contribution in [0.4, 0.5) is 14.6 Å². The highest BCUT2D eigenvalue weighted by molar-refractivity contribution is 6.04. The lowest BCUT2D eigenvalue weighted by atomic mass is 10.0. The van der Waals surface area contributed by atoms with Crippen LogP contribution >= 0.6 is 0 Å². The van der Waals surface area contributed by atoms with Gasteiger partial charge in [-0.25, -0.2) is 13.8 Å². The van der Waals surface area contributed by atoms with Gasteiger partial charge in [-0.3, -0.25) is 24.5 Å². The molecule has 4 heterocycles. The number of fused-ring (bicyclic) bond motifs is 1. The van der Waals surface area contributed by atoms with E-state index in [2.05, 4.69) is 15.6 Å². The fourth-order valence-corrected chi connectivity index (χ4v) is 4.78. The molecule has 1 aromatic heterocycles. The third-order valence-electron chi connectivity index (χ3n) is 6.68. The molecule has 0 bridgehead atoms. The second-order valence-corrected chi connectivity index (χ2v) is 8.94. The number of aromatic nitrogens is 1. The average molecular weight is 483 g/mol. The molecule has 1 unspecified atom stereocenters. The number of rotatable bonds is 4. The molecule has 11 heteroatoms. The van der Waals surface area contributed by atoms with Gasteiger partial charge < -0.3 is 15.1 Å². The summed E-state index contributed by atoms with van der Waals surface area (Å²) >= 11 is 0. The molecule has 2 saturated heterocycles. The number of halogens is 2. The van der Waals surface area contributed by atoms with E-state index in [0.717, 1.165) is 17.7 Å². The van der Waals surface area contributed by atoms with Crippen LogP contribution in [0.1, 0.15) is 52.1 Å². The number of pyridine rings is 1. The first-order valence-corrected chi connectivity index (χ1v) is 11.5. The lowest BCUT2D eigenvalue weighted by Crippen LogP contribution is -2.52. The minimum atomic E-state index is -0.904. The van der Waals surface area contributed by atoms with Crippen molar-refractivity contribution in [2.24, 2.45) is 0 Å². The molecule has 3 aliphatic heterocycles. The van der Waals surface area contributed by atoms with E-state index < -0.39 is 29.5 Å². The number of anilines is 1. The largest absolute Gasteiger partial charge is 0.356 e. The summed E-state index contributed by atoms with van der Waals surface area (Å²) < 4.78 is 27.0. The Labute approximate surface area is 199 Å². The maximum absolute atomic E-state index is 13.9. The van der Waals surface area contributed by atoms with Crippen LogP contribution in [0.2, 0.25) is 0 Å². The van der Waals surface area contributed by atoms with Gasteiger partial charge in [0, 0.05) is 43.7 Å². The Morgan fingerprint density at radius 3 is 2.54 bits per heavy atom. The first-order chi connectivity index (χ1) is 16.8. The molecule has 0 spiro atoms. The smallest absolute Gasteiger partial charge is 0.273 e. The van der Waals surface area contributed by atoms with E-state index in [-0.39, 0.29) is 42.8 Å². The molecule has 182 valence electrons. The number of imide groups is 1. The molecule has 5 rings (SSSR count). The molecular formula is C24H23F2N5O4. The molecule has 1 atom stereocenters. The van der Waals surface area contributed by atoms with Crippen molar-refractivity contribution in [1.29, 1.82) is 0 Å². The Kier molecular flexibility index (Phi) is 5.91. The fraction of sp³-hybridized carbons (Fsp3) is 0.375. The van der Waals surface area contributed by atoms with Gasteiger partial charge in [0.1, 0.15) is 29.2 Å². The van der Waals surface area contributed by atoms with Crippen molar-refractivity contribution in [2.45, 2.75) is 44.3 Å². The molecule has 2 fully saturated rings. The number of hydrogen-bond acceptors (Lipinski definition) is 6. The highest BCUT2D eigenvalue weighted by Crippen LogP contribution is 2.29. The summed E-state index contributed by atoms with van der Waals surface area (Å²) in [7, 11) is 0. The number of amides is 4. The summed E-state index contributed by atoms with van der Waals surface area (Å²) in [5, 5.41) is 5.08. The Morgan fingerprint density at radius 1 is 1.06 bits per heavy atom. The topological polar surface area (TPSA) is 112 Å². The first kappa shape index (κ1) is 22.9. The molecule has 35 heavy (non-hydrogen) atoms. The minimum absolute atomic E-state index is 0.178. The zero-order valence-corrected chi connectivity index (χ0v) is 18.7. The third-order valence-corrected chi connectivity index (χ3v) is 6.68. The van der Waals surface area contributed by atoms with Crippen molar-refractivity contribution in [3.8, 4) is 0 Å². The van der Waals surface area contributed by atoms with Crippen molar-refractivity contribution in [3.63, 3.8) is 0 Å². The van der Waals surface area contributed by atoms with Crippen LogP contribution in [0.15, 0.2) is 30.3 Å². The summed E-state index contributed by atoms with van der Waals surface area (Å²) in [4.78, 5) is 57.0. The summed E-state index contributed by atoms with van der Waals surface area (Å²) in [6.45, 7) is 1.39. The number of nitrogens with one attached hydrogen (secondary N) is 2. The summed E-state index contributed by atoms with van der Waals surface area (Å²) in [5.41, 5.74) is 0.828. The van der Waals surface area contributed by atoms with E-state index in [0.29, 0.717) is 43.5 Å². The van der Waals surface area contributed by atoms with Crippen molar-refractivity contribution < 1.29 is 28.0 Å². The molecule has 0 radical (unpaired) electrons. The van der Waals surface area contributed by atoms with Gasteiger partial charge in [0.05, 0.1) is 5.56 Å². The van der Waals surface area contributed by atoms with Crippen LogP contribution in [0.25, 0.3) is 0 Å². The fourth-order valence-electron chi connectivity index (χ4n) is 4.78. The number of piperidine rings is 2. The number of benzene rings is 1. The molecule has 0 aliphatic carbocycles. The Hall–Kier alpha value is -3.89. The molecule has 2 N–H and O–H groups in total. The van der Waals surface area contributed by atoms with Crippen LogP contribution in [-0.2, 0) is 16.1 Å². The zero-order valence-electron chi connectivity index (χ0n) is 18.7. The van der Waals surface area contributed by atoms with Gasteiger partial charge >= 0.3 is 0 Å². The summed E-state index contributed by atoms with van der Waals surface area (Å²) in [6.07, 6.45) is 1.65. The highest BCUT2D eigenvalue weighted by atomic mass is 19.1. The van der Waals surface area contributed by atoms with E-state index in [1.165, 1.54) is 4.90 Å². The van der Waals surface area contributed by atoms with Crippen molar-refractivity contribution >= 4 is 29.4 Å². The normalized spacial score (nSPS) is 20.6. The van der Waals surface area contributed by atoms with E-state index in [4.69, 9.17) is 0 Å². The summed E-state index contributed by atoms with van der Waals surface area (Å²) in [6, 6.07) is 5.63. The van der Waals surface area contributed by atoms with Crippen LogP contribution in [0.3, 0.4) is 0 Å². The SMILES string of the molecule is O=C1CCC(N2Cc3ccc(N4CCC(NC(=O)c5ccc(F)cc5F)CC4)nc3C2=O)C(=O)N1. The molecule has 1 aromatic carbocycles. The standard InChI is InChI=1S/C24H23F2N5O4/c25-14-2-3-16(17(26)11-14)22(33)27-15-7-9-30(10-8-15)19-5-1-13-12-31(24(35)21(13)28-19)18-4-6-20(32)29-23(18)34/h1-3,5,11,15,18H,4,6-10,12H2,(H,27,33)(H,29,32,34). The van der Waals surface area contributed by atoms with Gasteiger partial charge in [-0.1, -0.05) is 6.07 Å². The lowest BCUT2D eigenvalue weighted by Gasteiger charge is -2.33. The van der Waals surface area contributed by atoms with E-state index in [1.807, 2.05) is 17.0 Å². The van der Waals surface area contributed by atoms with Gasteiger partial charge in [0.25, 0.3) is 11.8 Å². The van der Waals surface area contributed by atoms with E-state index >= 15 is 0 Å².